The molecule has 0 atom stereocenters. The molecule has 0 aromatic heterocycles. The van der Waals surface area contributed by atoms with Crippen molar-refractivity contribution >= 4 is 0 Å². The van der Waals surface area contributed by atoms with Crippen LogP contribution < -0.4 is 0 Å². The lowest BCUT2D eigenvalue weighted by Crippen LogP contribution is -2.28. The Morgan fingerprint density at radius 2 is 0.733 bits per heavy atom. The molecule has 0 spiro atoms. The second-order valence-electron chi connectivity index (χ2n) is 9.10. The molecule has 0 bridgehead atoms. The monoisotopic (exact) mass is 414 g/mol. The van der Waals surface area contributed by atoms with Gasteiger partial charge in [-0.2, -0.15) is 13.2 Å². The third-order valence-corrected chi connectivity index (χ3v) is 4.37. The highest BCUT2D eigenvalue weighted by molar-refractivity contribution is 5.62. The number of alkyl halides is 3. The van der Waals surface area contributed by atoms with Gasteiger partial charge in [0, 0.05) is 0 Å². The minimum Gasteiger partial charge on any atom is -0.171 e. The van der Waals surface area contributed by atoms with Crippen LogP contribution in [0.1, 0.15) is 47.1 Å². The van der Waals surface area contributed by atoms with E-state index in [2.05, 4.69) is 99.6 Å². The van der Waals surface area contributed by atoms with Gasteiger partial charge < -0.3 is 0 Å². The highest BCUT2D eigenvalue weighted by Crippen LogP contribution is 2.36. The van der Waals surface area contributed by atoms with Crippen LogP contribution >= 0.6 is 0 Å². The van der Waals surface area contributed by atoms with Crippen LogP contribution in [0, 0.1) is 5.41 Å². The molecule has 0 aliphatic carbocycles. The van der Waals surface area contributed by atoms with Gasteiger partial charge in [-0.1, -0.05) is 133 Å². The summed E-state index contributed by atoms with van der Waals surface area (Å²) >= 11 is 0. The Hall–Kier alpha value is -2.55. The van der Waals surface area contributed by atoms with Crippen LogP contribution in [-0.4, -0.2) is 6.18 Å². The third-order valence-electron chi connectivity index (χ3n) is 4.37. The lowest BCUT2D eigenvalue weighted by atomic mass is 9.87. The van der Waals surface area contributed by atoms with Crippen LogP contribution in [-0.2, 0) is 5.41 Å². The molecule has 0 radical (unpaired) electrons. The summed E-state index contributed by atoms with van der Waals surface area (Å²) in [6.07, 6.45) is -4.06. The molecule has 3 aromatic carbocycles. The van der Waals surface area contributed by atoms with Crippen LogP contribution in [0.3, 0.4) is 0 Å². The molecule has 0 saturated heterocycles. The zero-order valence-electron chi connectivity index (χ0n) is 18.8. The number of halogens is 3. The van der Waals surface area contributed by atoms with Crippen molar-refractivity contribution in [3.63, 3.8) is 0 Å². The summed E-state index contributed by atoms with van der Waals surface area (Å²) in [5, 5.41) is 0. The van der Waals surface area contributed by atoms with Gasteiger partial charge in [-0.3, -0.25) is 0 Å². The fourth-order valence-electron chi connectivity index (χ4n) is 2.20. The summed E-state index contributed by atoms with van der Waals surface area (Å²) in [7, 11) is 0. The first-order valence-corrected chi connectivity index (χ1v) is 10.0. The van der Waals surface area contributed by atoms with Gasteiger partial charge in [-0.15, -0.1) is 0 Å². The van der Waals surface area contributed by atoms with Crippen molar-refractivity contribution in [2.45, 2.75) is 53.1 Å². The zero-order chi connectivity index (χ0) is 22.8. The first-order chi connectivity index (χ1) is 13.8. The first-order valence-electron chi connectivity index (χ1n) is 10.0. The second kappa shape index (κ2) is 11.0. The van der Waals surface area contributed by atoms with E-state index in [1.807, 2.05) is 12.1 Å². The van der Waals surface area contributed by atoms with Crippen molar-refractivity contribution in [2.24, 2.45) is 5.41 Å². The minimum atomic E-state index is -4.06. The summed E-state index contributed by atoms with van der Waals surface area (Å²) in [5.74, 6) is 0. The Balaban J connectivity index is 0.000000231. The van der Waals surface area contributed by atoms with E-state index in [0.29, 0.717) is 5.41 Å². The lowest BCUT2D eigenvalue weighted by molar-refractivity contribution is -0.204. The van der Waals surface area contributed by atoms with Crippen molar-refractivity contribution in [3.05, 3.63) is 96.6 Å². The Morgan fingerprint density at radius 1 is 0.467 bits per heavy atom. The molecule has 162 valence electrons. The normalized spacial score (nSPS) is 11.5. The summed E-state index contributed by atoms with van der Waals surface area (Å²) in [4.78, 5) is 0. The van der Waals surface area contributed by atoms with Gasteiger partial charge in [0.25, 0.3) is 0 Å². The summed E-state index contributed by atoms with van der Waals surface area (Å²) in [6.45, 7) is 10.1. The predicted molar refractivity (Wildman–Crippen MR) is 123 cm³/mol. The maximum absolute atomic E-state index is 11.6. The third kappa shape index (κ3) is 9.30. The molecular formula is C27H33F3. The molecule has 0 heterocycles. The maximum atomic E-state index is 11.6. The van der Waals surface area contributed by atoms with Gasteiger partial charge in [0.15, 0.2) is 0 Å². The fraction of sp³-hybridized carbons (Fsp3) is 0.333. The van der Waals surface area contributed by atoms with Gasteiger partial charge in [-0.05, 0) is 22.1 Å². The zero-order valence-corrected chi connectivity index (χ0v) is 18.8. The molecule has 3 rings (SSSR count). The molecule has 0 aliphatic heterocycles. The molecule has 0 saturated carbocycles. The van der Waals surface area contributed by atoms with Gasteiger partial charge in [0.2, 0.25) is 0 Å². The van der Waals surface area contributed by atoms with Crippen LogP contribution in [0.15, 0.2) is 91.0 Å². The topological polar surface area (TPSA) is 0 Å². The first kappa shape index (κ1) is 25.5. The molecule has 0 N–H and O–H groups in total. The summed E-state index contributed by atoms with van der Waals surface area (Å²) in [5.41, 5.74) is 2.68. The van der Waals surface area contributed by atoms with Gasteiger partial charge in [-0.25, -0.2) is 0 Å². The Kier molecular flexibility index (Phi) is 9.35. The lowest BCUT2D eigenvalue weighted by Gasteiger charge is -2.21. The van der Waals surface area contributed by atoms with E-state index >= 15 is 0 Å². The Bertz CT molecular complexity index is 773. The van der Waals surface area contributed by atoms with E-state index in [9.17, 15) is 13.2 Å². The number of benzene rings is 3. The fourth-order valence-corrected chi connectivity index (χ4v) is 2.20. The van der Waals surface area contributed by atoms with Crippen molar-refractivity contribution in [3.8, 4) is 11.1 Å². The minimum absolute atomic E-state index is 0.293. The molecule has 0 unspecified atom stereocenters. The maximum Gasteiger partial charge on any atom is 0.393 e. The smallest absolute Gasteiger partial charge is 0.171 e. The summed E-state index contributed by atoms with van der Waals surface area (Å²) < 4.78 is 34.7. The van der Waals surface area contributed by atoms with Crippen molar-refractivity contribution < 1.29 is 13.2 Å². The Labute approximate surface area is 179 Å². The van der Waals surface area contributed by atoms with E-state index in [1.54, 1.807) is 0 Å². The van der Waals surface area contributed by atoms with E-state index in [1.165, 1.54) is 16.7 Å². The molecule has 3 aromatic rings. The molecule has 0 amide bonds. The van der Waals surface area contributed by atoms with Crippen LogP contribution in [0.5, 0.6) is 0 Å². The molecule has 0 fully saturated rings. The summed E-state index contributed by atoms with van der Waals surface area (Å²) in [6, 6.07) is 31.3. The molecule has 30 heavy (non-hydrogen) atoms. The average molecular weight is 415 g/mol. The number of hydrogen-bond donors (Lipinski definition) is 0. The van der Waals surface area contributed by atoms with Gasteiger partial charge in [0.05, 0.1) is 5.41 Å². The molecule has 3 heteroatoms. The van der Waals surface area contributed by atoms with E-state index in [-0.39, 0.29) is 0 Å². The molecule has 0 nitrogen and oxygen atoms in total. The Morgan fingerprint density at radius 3 is 0.933 bits per heavy atom. The molecule has 0 aliphatic rings. The number of rotatable bonds is 1. The van der Waals surface area contributed by atoms with Crippen molar-refractivity contribution in [1.82, 2.24) is 0 Å². The second-order valence-corrected chi connectivity index (χ2v) is 9.10. The predicted octanol–water partition coefficient (Wildman–Crippen LogP) is 8.93. The van der Waals surface area contributed by atoms with Gasteiger partial charge in [0.1, 0.15) is 0 Å². The van der Waals surface area contributed by atoms with Gasteiger partial charge >= 0.3 is 6.18 Å². The SMILES string of the molecule is CC(C)(C)C(F)(F)F.CC(C)(C)c1ccccc1.c1ccc(-c2ccccc2)cc1. The standard InChI is InChI=1S/C12H10.C10H14.C5H9F3/c1-3-7-11(8-4-1)12-9-5-2-6-10-12;1-10(2,3)9-7-5-4-6-8-9;1-4(2,3)5(6,7)8/h1-10H;4-8H,1-3H3;1-3H3. The highest BCUT2D eigenvalue weighted by Gasteiger charge is 2.42. The van der Waals surface area contributed by atoms with Crippen molar-refractivity contribution in [1.29, 1.82) is 0 Å². The van der Waals surface area contributed by atoms with Crippen LogP contribution in [0.25, 0.3) is 11.1 Å². The quantitative estimate of drug-likeness (QED) is 0.373. The number of hydrogen-bond acceptors (Lipinski definition) is 0. The van der Waals surface area contributed by atoms with E-state index in [4.69, 9.17) is 0 Å². The van der Waals surface area contributed by atoms with Crippen molar-refractivity contribution in [2.75, 3.05) is 0 Å². The van der Waals surface area contributed by atoms with Crippen LogP contribution in [0.2, 0.25) is 0 Å². The largest absolute Gasteiger partial charge is 0.393 e. The van der Waals surface area contributed by atoms with Crippen LogP contribution in [0.4, 0.5) is 13.2 Å². The average Bonchev–Trinajstić information content (AvgIpc) is 2.69. The van der Waals surface area contributed by atoms with E-state index < -0.39 is 11.6 Å². The van der Waals surface area contributed by atoms with E-state index in [0.717, 1.165) is 20.8 Å². The molecular weight excluding hydrogens is 381 g/mol. The highest BCUT2D eigenvalue weighted by atomic mass is 19.4.